The zero-order chi connectivity index (χ0) is 18.1. The molecule has 0 aliphatic carbocycles. The van der Waals surface area contributed by atoms with E-state index < -0.39 is 5.97 Å². The van der Waals surface area contributed by atoms with Crippen LogP contribution in [-0.4, -0.2) is 35.4 Å². The van der Waals surface area contributed by atoms with E-state index in [1.807, 2.05) is 48.1 Å². The summed E-state index contributed by atoms with van der Waals surface area (Å²) >= 11 is 0. The molecule has 1 N–H and O–H groups in total. The van der Waals surface area contributed by atoms with E-state index in [-0.39, 0.29) is 5.56 Å². The summed E-state index contributed by atoms with van der Waals surface area (Å²) in [6, 6.07) is 12.8. The van der Waals surface area contributed by atoms with Crippen LogP contribution in [0.1, 0.15) is 10.4 Å². The van der Waals surface area contributed by atoms with Gasteiger partial charge in [-0.2, -0.15) is 5.10 Å². The molecule has 0 spiro atoms. The molecule has 0 bridgehead atoms. The minimum atomic E-state index is -0.991. The molecule has 3 heterocycles. The number of rotatable bonds is 4. The van der Waals surface area contributed by atoms with E-state index in [1.165, 1.54) is 18.3 Å². The number of carbonyl (C=O) groups is 1. The van der Waals surface area contributed by atoms with Gasteiger partial charge in [0.15, 0.2) is 0 Å². The molecule has 1 aromatic carbocycles. The summed E-state index contributed by atoms with van der Waals surface area (Å²) in [7, 11) is 1.90. The van der Waals surface area contributed by atoms with E-state index in [0.29, 0.717) is 11.4 Å². The molecule has 0 aliphatic rings. The van der Waals surface area contributed by atoms with Gasteiger partial charge in [-0.05, 0) is 30.3 Å². The molecule has 0 fully saturated rings. The summed E-state index contributed by atoms with van der Waals surface area (Å²) in [6.45, 7) is 0. The number of aromatic carboxylic acids is 1. The molecule has 128 valence electrons. The third kappa shape index (κ3) is 2.75. The van der Waals surface area contributed by atoms with Crippen LogP contribution in [0.4, 0.5) is 0 Å². The number of benzene rings is 1. The Morgan fingerprint density at radius 2 is 1.88 bits per heavy atom. The van der Waals surface area contributed by atoms with Crippen LogP contribution in [0.2, 0.25) is 0 Å². The van der Waals surface area contributed by atoms with Crippen molar-refractivity contribution < 1.29 is 9.90 Å². The molecule has 3 aromatic heterocycles. The van der Waals surface area contributed by atoms with Crippen molar-refractivity contribution in [2.45, 2.75) is 0 Å². The lowest BCUT2D eigenvalue weighted by atomic mass is 10.1. The van der Waals surface area contributed by atoms with Gasteiger partial charge in [-0.1, -0.05) is 12.1 Å². The Morgan fingerprint density at radius 1 is 1.08 bits per heavy atom. The number of pyridine rings is 1. The van der Waals surface area contributed by atoms with Gasteiger partial charge in [0.05, 0.1) is 29.0 Å². The highest BCUT2D eigenvalue weighted by Gasteiger charge is 2.16. The number of imidazole rings is 1. The summed E-state index contributed by atoms with van der Waals surface area (Å²) in [5.74, 6) is -0.991. The van der Waals surface area contributed by atoms with Crippen molar-refractivity contribution >= 4 is 5.97 Å². The molecule has 7 nitrogen and oxygen atoms in total. The summed E-state index contributed by atoms with van der Waals surface area (Å²) in [6.07, 6.45) is 6.79. The van der Waals surface area contributed by atoms with E-state index in [4.69, 9.17) is 0 Å². The Morgan fingerprint density at radius 3 is 2.58 bits per heavy atom. The van der Waals surface area contributed by atoms with E-state index in [1.54, 1.807) is 17.2 Å². The quantitative estimate of drug-likeness (QED) is 0.614. The van der Waals surface area contributed by atoms with Crippen molar-refractivity contribution in [1.29, 1.82) is 0 Å². The van der Waals surface area contributed by atoms with Gasteiger partial charge >= 0.3 is 5.97 Å². The van der Waals surface area contributed by atoms with E-state index in [2.05, 4.69) is 15.1 Å². The lowest BCUT2D eigenvalue weighted by Crippen LogP contribution is -1.99. The monoisotopic (exact) mass is 345 g/mol. The van der Waals surface area contributed by atoms with Crippen LogP contribution in [-0.2, 0) is 7.05 Å². The van der Waals surface area contributed by atoms with Gasteiger partial charge in [0, 0.05) is 31.2 Å². The van der Waals surface area contributed by atoms with Crippen molar-refractivity contribution in [3.63, 3.8) is 0 Å². The molecule has 0 aliphatic heterocycles. The number of aryl methyl sites for hydroxylation is 1. The van der Waals surface area contributed by atoms with Crippen LogP contribution in [0, 0.1) is 0 Å². The third-order valence-corrected chi connectivity index (χ3v) is 4.10. The van der Waals surface area contributed by atoms with Crippen LogP contribution in [0.5, 0.6) is 0 Å². The van der Waals surface area contributed by atoms with Gasteiger partial charge in [0.1, 0.15) is 5.69 Å². The average Bonchev–Trinajstić information content (AvgIpc) is 3.32. The van der Waals surface area contributed by atoms with Crippen molar-refractivity contribution in [2.75, 3.05) is 0 Å². The first kappa shape index (κ1) is 15.8. The van der Waals surface area contributed by atoms with Crippen LogP contribution >= 0.6 is 0 Å². The fourth-order valence-corrected chi connectivity index (χ4v) is 2.84. The Bertz CT molecular complexity index is 1070. The SMILES string of the molecule is Cn1cnc(-c2cc(C(=O)O)ccn2)c1-c1ccc(-n2cccn2)cc1. The molecule has 4 aromatic rings. The molecule has 0 saturated carbocycles. The van der Waals surface area contributed by atoms with E-state index in [9.17, 15) is 9.90 Å². The molecular formula is C19H15N5O2. The highest BCUT2D eigenvalue weighted by molar-refractivity contribution is 5.89. The molecule has 0 unspecified atom stereocenters. The zero-order valence-corrected chi connectivity index (χ0v) is 13.9. The highest BCUT2D eigenvalue weighted by Crippen LogP contribution is 2.30. The molecule has 4 rings (SSSR count). The number of aromatic nitrogens is 5. The molecule has 0 saturated heterocycles. The largest absolute Gasteiger partial charge is 0.478 e. The average molecular weight is 345 g/mol. The Balaban J connectivity index is 1.77. The van der Waals surface area contributed by atoms with Crippen molar-refractivity contribution in [2.24, 2.45) is 7.05 Å². The Hall–Kier alpha value is -3.74. The molecular weight excluding hydrogens is 330 g/mol. The minimum absolute atomic E-state index is 0.181. The normalized spacial score (nSPS) is 10.8. The van der Waals surface area contributed by atoms with Crippen LogP contribution < -0.4 is 0 Å². The first-order valence-corrected chi connectivity index (χ1v) is 7.95. The maximum Gasteiger partial charge on any atom is 0.335 e. The van der Waals surface area contributed by atoms with Gasteiger partial charge in [0.2, 0.25) is 0 Å². The molecule has 26 heavy (non-hydrogen) atoms. The second kappa shape index (κ2) is 6.29. The van der Waals surface area contributed by atoms with Crippen molar-refractivity contribution in [3.8, 4) is 28.3 Å². The summed E-state index contributed by atoms with van der Waals surface area (Å²) in [5, 5.41) is 13.4. The fourth-order valence-electron chi connectivity index (χ4n) is 2.84. The molecule has 7 heteroatoms. The summed E-state index contributed by atoms with van der Waals surface area (Å²) in [4.78, 5) is 20.0. The van der Waals surface area contributed by atoms with Gasteiger partial charge in [-0.25, -0.2) is 14.5 Å². The van der Waals surface area contributed by atoms with Gasteiger partial charge in [0.25, 0.3) is 0 Å². The standard InChI is InChI=1S/C19H15N5O2/c1-23-12-21-17(16-11-14(19(25)26)7-9-20-16)18(23)13-3-5-15(6-4-13)24-10-2-8-22-24/h2-12H,1H3,(H,25,26). The number of carboxylic acids is 1. The van der Waals surface area contributed by atoms with Gasteiger partial charge in [-0.3, -0.25) is 4.98 Å². The smallest absolute Gasteiger partial charge is 0.335 e. The number of nitrogens with zero attached hydrogens (tertiary/aromatic N) is 5. The maximum absolute atomic E-state index is 11.2. The van der Waals surface area contributed by atoms with Crippen LogP contribution in [0.25, 0.3) is 28.3 Å². The lowest BCUT2D eigenvalue weighted by Gasteiger charge is -2.08. The highest BCUT2D eigenvalue weighted by atomic mass is 16.4. The number of hydrogen-bond donors (Lipinski definition) is 1. The third-order valence-electron chi connectivity index (χ3n) is 4.10. The molecule has 0 radical (unpaired) electrons. The predicted octanol–water partition coefficient (Wildman–Crippen LogP) is 3.03. The minimum Gasteiger partial charge on any atom is -0.478 e. The zero-order valence-electron chi connectivity index (χ0n) is 13.9. The first-order chi connectivity index (χ1) is 12.6. The Labute approximate surface area is 149 Å². The van der Waals surface area contributed by atoms with E-state index >= 15 is 0 Å². The molecule has 0 atom stereocenters. The molecule has 0 amide bonds. The van der Waals surface area contributed by atoms with Crippen LogP contribution in [0.15, 0.2) is 67.4 Å². The van der Waals surface area contributed by atoms with Crippen molar-refractivity contribution in [1.82, 2.24) is 24.3 Å². The van der Waals surface area contributed by atoms with Crippen molar-refractivity contribution in [3.05, 3.63) is 72.9 Å². The fraction of sp³-hybridized carbons (Fsp3) is 0.0526. The number of carboxylic acid groups (broad SMARTS) is 1. The maximum atomic E-state index is 11.2. The Kier molecular flexibility index (Phi) is 3.81. The van der Waals surface area contributed by atoms with E-state index in [0.717, 1.165) is 16.9 Å². The number of hydrogen-bond acceptors (Lipinski definition) is 4. The van der Waals surface area contributed by atoms with Crippen LogP contribution in [0.3, 0.4) is 0 Å². The topological polar surface area (TPSA) is 85.8 Å². The predicted molar refractivity (Wildman–Crippen MR) is 96.0 cm³/mol. The lowest BCUT2D eigenvalue weighted by molar-refractivity contribution is 0.0697. The summed E-state index contributed by atoms with van der Waals surface area (Å²) in [5.41, 5.74) is 4.12. The van der Waals surface area contributed by atoms with Gasteiger partial charge in [-0.15, -0.1) is 0 Å². The summed E-state index contributed by atoms with van der Waals surface area (Å²) < 4.78 is 3.68. The second-order valence-electron chi connectivity index (χ2n) is 5.79. The van der Waals surface area contributed by atoms with Gasteiger partial charge < -0.3 is 9.67 Å². The first-order valence-electron chi connectivity index (χ1n) is 7.95. The second-order valence-corrected chi connectivity index (χ2v) is 5.79.